The van der Waals surface area contributed by atoms with Gasteiger partial charge < -0.3 is 14.8 Å². The van der Waals surface area contributed by atoms with Crippen molar-refractivity contribution in [2.45, 2.75) is 51.5 Å². The van der Waals surface area contributed by atoms with Crippen molar-refractivity contribution < 1.29 is 28.7 Å². The first-order valence-electron chi connectivity index (χ1n) is 10.2. The summed E-state index contributed by atoms with van der Waals surface area (Å²) in [5.41, 5.74) is 2.01. The van der Waals surface area contributed by atoms with Crippen molar-refractivity contribution in [2.75, 3.05) is 13.2 Å². The van der Waals surface area contributed by atoms with Crippen molar-refractivity contribution in [2.24, 2.45) is 5.92 Å². The Bertz CT molecular complexity index is 815. The Morgan fingerprint density at radius 3 is 2.50 bits per heavy atom. The summed E-state index contributed by atoms with van der Waals surface area (Å²) in [7, 11) is 0. The van der Waals surface area contributed by atoms with Crippen LogP contribution in [0.5, 0.6) is 5.75 Å². The minimum Gasteiger partial charge on any atom is -0.494 e. The summed E-state index contributed by atoms with van der Waals surface area (Å²) in [5.74, 6) is -0.607. The molecule has 1 aromatic carbocycles. The molecule has 1 heterocycles. The normalized spacial score (nSPS) is 23.3. The van der Waals surface area contributed by atoms with Gasteiger partial charge in [-0.1, -0.05) is 19.1 Å². The smallest absolute Gasteiger partial charge is 0.344 e. The van der Waals surface area contributed by atoms with Crippen molar-refractivity contribution >= 4 is 23.8 Å². The van der Waals surface area contributed by atoms with Crippen LogP contribution in [0.4, 0.5) is 4.79 Å². The second-order valence-electron chi connectivity index (χ2n) is 7.78. The van der Waals surface area contributed by atoms with Gasteiger partial charge in [0.15, 0.2) is 6.61 Å². The van der Waals surface area contributed by atoms with Gasteiger partial charge in [-0.15, -0.1) is 0 Å². The Labute approximate surface area is 175 Å². The molecule has 1 aliphatic carbocycles. The zero-order valence-corrected chi connectivity index (χ0v) is 17.2. The topological polar surface area (TPSA) is 114 Å². The lowest BCUT2D eigenvalue weighted by Gasteiger charge is -2.33. The maximum atomic E-state index is 12.7. The molecule has 1 saturated heterocycles. The predicted octanol–water partition coefficient (Wildman–Crippen LogP) is 1.70. The summed E-state index contributed by atoms with van der Waals surface area (Å²) in [6, 6.07) is 6.31. The van der Waals surface area contributed by atoms with Crippen LogP contribution in [-0.2, 0) is 25.5 Å². The fourth-order valence-electron chi connectivity index (χ4n) is 3.71. The van der Waals surface area contributed by atoms with E-state index in [4.69, 9.17) is 9.47 Å². The van der Waals surface area contributed by atoms with E-state index in [9.17, 15) is 19.2 Å². The highest BCUT2D eigenvalue weighted by atomic mass is 16.5. The zero-order valence-electron chi connectivity index (χ0n) is 17.2. The van der Waals surface area contributed by atoms with E-state index in [0.29, 0.717) is 41.7 Å². The number of imide groups is 1. The number of carbonyl (C=O) groups excluding carboxylic acids is 4. The highest BCUT2D eigenvalue weighted by Gasteiger charge is 2.52. The number of esters is 1. The maximum absolute atomic E-state index is 12.7. The van der Waals surface area contributed by atoms with Crippen LogP contribution in [0.25, 0.3) is 0 Å². The van der Waals surface area contributed by atoms with E-state index in [0.717, 1.165) is 12.8 Å². The summed E-state index contributed by atoms with van der Waals surface area (Å²) < 4.78 is 10.3. The molecule has 1 saturated carbocycles. The maximum Gasteiger partial charge on any atom is 0.344 e. The van der Waals surface area contributed by atoms with Crippen LogP contribution in [0.1, 0.15) is 45.1 Å². The lowest BCUT2D eigenvalue weighted by Crippen LogP contribution is -2.52. The molecule has 3 rings (SSSR count). The summed E-state index contributed by atoms with van der Waals surface area (Å²) in [4.78, 5) is 49.0. The van der Waals surface area contributed by atoms with Gasteiger partial charge in [0.05, 0.1) is 13.0 Å². The third-order valence-electron chi connectivity index (χ3n) is 5.47. The molecule has 9 heteroatoms. The highest BCUT2D eigenvalue weighted by molar-refractivity contribution is 6.08. The lowest BCUT2D eigenvalue weighted by atomic mass is 9.77. The van der Waals surface area contributed by atoms with E-state index in [1.807, 2.05) is 6.92 Å². The first-order valence-corrected chi connectivity index (χ1v) is 10.2. The fraction of sp³-hybridized carbons (Fsp3) is 0.524. The van der Waals surface area contributed by atoms with Gasteiger partial charge >= 0.3 is 12.0 Å². The summed E-state index contributed by atoms with van der Waals surface area (Å²) in [5, 5.41) is 3.40. The summed E-state index contributed by atoms with van der Waals surface area (Å²) in [6.07, 6.45) is 2.74. The standard InChI is InChI=1S/C21H27N3O6/c1-3-29-16-6-4-15(5-7-16)12-18(26)30-13-17(25)23-24-19(27)21(22-20(24)28)10-8-14(2)9-11-21/h4-7,14H,3,8-13H2,1-2H3,(H,22,28)(H,23,25). The molecule has 0 radical (unpaired) electrons. The average Bonchev–Trinajstić information content (AvgIpc) is 2.95. The second-order valence-corrected chi connectivity index (χ2v) is 7.78. The molecule has 1 aliphatic heterocycles. The Balaban J connectivity index is 1.46. The van der Waals surface area contributed by atoms with Gasteiger partial charge in [-0.25, -0.2) is 4.79 Å². The molecule has 0 atom stereocenters. The van der Waals surface area contributed by atoms with E-state index in [2.05, 4.69) is 17.7 Å². The number of urea groups is 1. The number of hydrogen-bond acceptors (Lipinski definition) is 6. The van der Waals surface area contributed by atoms with Gasteiger partial charge in [0.25, 0.3) is 11.8 Å². The van der Waals surface area contributed by atoms with E-state index >= 15 is 0 Å². The second kappa shape index (κ2) is 9.15. The van der Waals surface area contributed by atoms with Crippen LogP contribution in [0.15, 0.2) is 24.3 Å². The lowest BCUT2D eigenvalue weighted by molar-refractivity contribution is -0.150. The van der Waals surface area contributed by atoms with Gasteiger partial charge in [0.2, 0.25) is 0 Å². The molecule has 0 unspecified atom stereocenters. The molecule has 0 bridgehead atoms. The van der Waals surface area contributed by atoms with Crippen LogP contribution in [-0.4, -0.2) is 47.6 Å². The number of carbonyl (C=O) groups is 4. The molecule has 1 aromatic rings. The molecular weight excluding hydrogens is 390 g/mol. The van der Waals surface area contributed by atoms with Crippen LogP contribution in [0, 0.1) is 5.92 Å². The Hall–Kier alpha value is -3.10. The van der Waals surface area contributed by atoms with Gasteiger partial charge in [0.1, 0.15) is 11.3 Å². The number of nitrogens with zero attached hydrogens (tertiary/aromatic N) is 1. The summed E-state index contributed by atoms with van der Waals surface area (Å²) >= 11 is 0. The number of amides is 4. The third kappa shape index (κ3) is 4.90. The first kappa shape index (κ1) is 21.6. The van der Waals surface area contributed by atoms with Crippen LogP contribution < -0.4 is 15.5 Å². The van der Waals surface area contributed by atoms with E-state index in [-0.39, 0.29) is 6.42 Å². The molecule has 2 N–H and O–H groups in total. The van der Waals surface area contributed by atoms with Crippen molar-refractivity contribution in [1.29, 1.82) is 0 Å². The number of nitrogens with one attached hydrogen (secondary N) is 2. The molecule has 9 nitrogen and oxygen atoms in total. The Kier molecular flexibility index (Phi) is 6.59. The SMILES string of the molecule is CCOc1ccc(CC(=O)OCC(=O)NN2C(=O)NC3(CCC(C)CC3)C2=O)cc1. The fourth-order valence-corrected chi connectivity index (χ4v) is 3.71. The van der Waals surface area contributed by atoms with E-state index in [1.54, 1.807) is 24.3 Å². The Morgan fingerprint density at radius 2 is 1.87 bits per heavy atom. The van der Waals surface area contributed by atoms with Gasteiger partial charge in [0, 0.05) is 0 Å². The zero-order chi connectivity index (χ0) is 21.7. The van der Waals surface area contributed by atoms with Crippen molar-refractivity contribution in [3.05, 3.63) is 29.8 Å². The number of hydrogen-bond donors (Lipinski definition) is 2. The third-order valence-corrected chi connectivity index (χ3v) is 5.47. The Morgan fingerprint density at radius 1 is 1.20 bits per heavy atom. The molecule has 30 heavy (non-hydrogen) atoms. The predicted molar refractivity (Wildman–Crippen MR) is 106 cm³/mol. The monoisotopic (exact) mass is 417 g/mol. The highest BCUT2D eigenvalue weighted by Crippen LogP contribution is 2.35. The van der Waals surface area contributed by atoms with Crippen molar-refractivity contribution in [3.8, 4) is 5.75 Å². The molecule has 162 valence electrons. The average molecular weight is 417 g/mol. The molecular formula is C21H27N3O6. The minimum absolute atomic E-state index is 0.00981. The largest absolute Gasteiger partial charge is 0.494 e. The van der Waals surface area contributed by atoms with Crippen LogP contribution in [0.3, 0.4) is 0 Å². The van der Waals surface area contributed by atoms with Crippen molar-refractivity contribution in [3.63, 3.8) is 0 Å². The van der Waals surface area contributed by atoms with Gasteiger partial charge in [-0.3, -0.25) is 19.8 Å². The number of benzene rings is 1. The van der Waals surface area contributed by atoms with E-state index < -0.39 is 36.0 Å². The number of hydrazine groups is 1. The molecule has 1 spiro atoms. The quantitative estimate of drug-likeness (QED) is 0.516. The van der Waals surface area contributed by atoms with E-state index in [1.165, 1.54) is 0 Å². The summed E-state index contributed by atoms with van der Waals surface area (Å²) in [6.45, 7) is 3.95. The first-order chi connectivity index (χ1) is 14.3. The van der Waals surface area contributed by atoms with Gasteiger partial charge in [-0.2, -0.15) is 5.01 Å². The van der Waals surface area contributed by atoms with Gasteiger partial charge in [-0.05, 0) is 56.2 Å². The molecule has 2 aliphatic rings. The molecule has 0 aromatic heterocycles. The molecule has 4 amide bonds. The van der Waals surface area contributed by atoms with Crippen LogP contribution >= 0.6 is 0 Å². The molecule has 2 fully saturated rings. The number of ether oxygens (including phenoxy) is 2. The minimum atomic E-state index is -0.943. The van der Waals surface area contributed by atoms with Crippen molar-refractivity contribution in [1.82, 2.24) is 15.8 Å². The van der Waals surface area contributed by atoms with Crippen LogP contribution in [0.2, 0.25) is 0 Å². The number of rotatable bonds is 7.